The number of hydrogen-bond acceptors (Lipinski definition) is 4. The smallest absolute Gasteiger partial charge is 0.310 e. The van der Waals surface area contributed by atoms with Crippen LogP contribution in [0.3, 0.4) is 0 Å². The van der Waals surface area contributed by atoms with Gasteiger partial charge in [-0.2, -0.15) is 4.31 Å². The summed E-state index contributed by atoms with van der Waals surface area (Å²) in [6.45, 7) is 4.01. The van der Waals surface area contributed by atoms with E-state index >= 15 is 0 Å². The Morgan fingerprint density at radius 2 is 2.05 bits per heavy atom. The van der Waals surface area contributed by atoms with E-state index in [9.17, 15) is 13.2 Å². The zero-order valence-corrected chi connectivity index (χ0v) is 13.7. The maximum absolute atomic E-state index is 12.7. The lowest BCUT2D eigenvalue weighted by Crippen LogP contribution is -2.30. The van der Waals surface area contributed by atoms with Gasteiger partial charge in [0.05, 0.1) is 17.9 Å². The van der Waals surface area contributed by atoms with Crippen LogP contribution < -0.4 is 0 Å². The van der Waals surface area contributed by atoms with Crippen LogP contribution in [0, 0.1) is 18.8 Å². The highest BCUT2D eigenvalue weighted by Crippen LogP contribution is 2.31. The number of carbonyl (C=O) groups excluding carboxylic acids is 1. The topological polar surface area (TPSA) is 63.7 Å². The number of halogens is 1. The largest absolute Gasteiger partial charge is 0.469 e. The van der Waals surface area contributed by atoms with E-state index in [-0.39, 0.29) is 23.3 Å². The first-order valence-electron chi connectivity index (χ1n) is 6.61. The van der Waals surface area contributed by atoms with E-state index in [1.54, 1.807) is 19.1 Å². The fourth-order valence-electron chi connectivity index (χ4n) is 2.57. The molecule has 1 aliphatic rings. The standard InChI is InChI=1S/C14H18ClNO4S/c1-9-4-5-11(15)6-13(9)21(18,19)16-7-10(2)12(8-16)14(17)20-3/h4-6,10,12H,7-8H2,1-3H3. The van der Waals surface area contributed by atoms with E-state index in [0.717, 1.165) is 0 Å². The van der Waals surface area contributed by atoms with Gasteiger partial charge >= 0.3 is 5.97 Å². The highest BCUT2D eigenvalue weighted by molar-refractivity contribution is 7.89. The van der Waals surface area contributed by atoms with Crippen LogP contribution in [0.5, 0.6) is 0 Å². The minimum absolute atomic E-state index is 0.0771. The van der Waals surface area contributed by atoms with Crippen LogP contribution >= 0.6 is 11.6 Å². The normalized spacial score (nSPS) is 23.2. The van der Waals surface area contributed by atoms with Crippen LogP contribution in [0.4, 0.5) is 0 Å². The van der Waals surface area contributed by atoms with Gasteiger partial charge in [0.1, 0.15) is 0 Å². The average Bonchev–Trinajstić information content (AvgIpc) is 2.83. The third kappa shape index (κ3) is 3.07. The van der Waals surface area contributed by atoms with Crippen molar-refractivity contribution in [1.29, 1.82) is 0 Å². The van der Waals surface area contributed by atoms with E-state index in [1.165, 1.54) is 17.5 Å². The first-order valence-corrected chi connectivity index (χ1v) is 8.43. The predicted molar refractivity (Wildman–Crippen MR) is 79.6 cm³/mol. The maximum atomic E-state index is 12.7. The molecule has 1 saturated heterocycles. The second-order valence-electron chi connectivity index (χ2n) is 5.34. The summed E-state index contributed by atoms with van der Waals surface area (Å²) in [6, 6.07) is 4.77. The van der Waals surface area contributed by atoms with Crippen LogP contribution in [0.15, 0.2) is 23.1 Å². The average molecular weight is 332 g/mol. The molecule has 0 N–H and O–H groups in total. The number of rotatable bonds is 3. The van der Waals surface area contributed by atoms with Crippen molar-refractivity contribution in [2.75, 3.05) is 20.2 Å². The lowest BCUT2D eigenvalue weighted by Gasteiger charge is -2.18. The SMILES string of the molecule is COC(=O)C1CN(S(=O)(=O)c2cc(Cl)ccc2C)CC1C. The van der Waals surface area contributed by atoms with Crippen molar-refractivity contribution < 1.29 is 17.9 Å². The molecule has 0 bridgehead atoms. The van der Waals surface area contributed by atoms with Gasteiger partial charge in [-0.05, 0) is 30.5 Å². The summed E-state index contributed by atoms with van der Waals surface area (Å²) < 4.78 is 31.5. The summed E-state index contributed by atoms with van der Waals surface area (Å²) in [6.07, 6.45) is 0. The molecule has 0 spiro atoms. The predicted octanol–water partition coefficient (Wildman–Crippen LogP) is 2.08. The second-order valence-corrected chi connectivity index (χ2v) is 7.68. The Kier molecular flexibility index (Phi) is 4.60. The molecule has 0 aromatic heterocycles. The minimum atomic E-state index is -3.66. The van der Waals surface area contributed by atoms with Gasteiger partial charge in [0.25, 0.3) is 0 Å². The summed E-state index contributed by atoms with van der Waals surface area (Å²) >= 11 is 5.90. The van der Waals surface area contributed by atoms with E-state index in [4.69, 9.17) is 16.3 Å². The third-order valence-electron chi connectivity index (χ3n) is 3.85. The van der Waals surface area contributed by atoms with Crippen LogP contribution in [0.2, 0.25) is 5.02 Å². The number of esters is 1. The molecule has 116 valence electrons. The zero-order chi connectivity index (χ0) is 15.8. The van der Waals surface area contributed by atoms with E-state index in [0.29, 0.717) is 17.1 Å². The molecule has 0 amide bonds. The number of benzene rings is 1. The van der Waals surface area contributed by atoms with Crippen molar-refractivity contribution >= 4 is 27.6 Å². The Balaban J connectivity index is 2.33. The first kappa shape index (κ1) is 16.3. The molecular formula is C14H18ClNO4S. The van der Waals surface area contributed by atoms with Crippen molar-refractivity contribution in [3.05, 3.63) is 28.8 Å². The van der Waals surface area contributed by atoms with Gasteiger partial charge in [-0.15, -0.1) is 0 Å². The molecule has 1 fully saturated rings. The summed E-state index contributed by atoms with van der Waals surface area (Å²) in [7, 11) is -2.35. The molecule has 0 saturated carbocycles. The quantitative estimate of drug-likeness (QED) is 0.795. The molecule has 0 aliphatic carbocycles. The van der Waals surface area contributed by atoms with Gasteiger partial charge in [0, 0.05) is 18.1 Å². The molecule has 21 heavy (non-hydrogen) atoms. The Hall–Kier alpha value is -1.11. The molecular weight excluding hydrogens is 314 g/mol. The van der Waals surface area contributed by atoms with Crippen molar-refractivity contribution in [2.24, 2.45) is 11.8 Å². The van der Waals surface area contributed by atoms with E-state index in [1.807, 2.05) is 6.92 Å². The molecule has 1 aliphatic heterocycles. The molecule has 1 aromatic carbocycles. The third-order valence-corrected chi connectivity index (χ3v) is 6.06. The molecule has 1 heterocycles. The van der Waals surface area contributed by atoms with Crippen LogP contribution in [-0.2, 0) is 19.6 Å². The van der Waals surface area contributed by atoms with Crippen LogP contribution in [0.1, 0.15) is 12.5 Å². The van der Waals surface area contributed by atoms with Gasteiger partial charge in [-0.3, -0.25) is 4.79 Å². The molecule has 5 nitrogen and oxygen atoms in total. The Labute approximate surface area is 129 Å². The van der Waals surface area contributed by atoms with Crippen molar-refractivity contribution in [3.63, 3.8) is 0 Å². The summed E-state index contributed by atoms with van der Waals surface area (Å²) in [5.41, 5.74) is 0.633. The number of methoxy groups -OCH3 is 1. The van der Waals surface area contributed by atoms with Gasteiger partial charge < -0.3 is 4.74 Å². The van der Waals surface area contributed by atoms with Crippen LogP contribution in [0.25, 0.3) is 0 Å². The van der Waals surface area contributed by atoms with Crippen molar-refractivity contribution in [1.82, 2.24) is 4.31 Å². The fourth-order valence-corrected chi connectivity index (χ4v) is 4.62. The second kappa shape index (κ2) is 5.94. The first-order chi connectivity index (χ1) is 9.77. The lowest BCUT2D eigenvalue weighted by molar-refractivity contribution is -0.145. The summed E-state index contributed by atoms with van der Waals surface area (Å²) in [5, 5.41) is 0.371. The molecule has 2 rings (SSSR count). The van der Waals surface area contributed by atoms with Gasteiger partial charge in [0.2, 0.25) is 10.0 Å². The molecule has 2 atom stereocenters. The summed E-state index contributed by atoms with van der Waals surface area (Å²) in [4.78, 5) is 11.9. The highest BCUT2D eigenvalue weighted by atomic mass is 35.5. The van der Waals surface area contributed by atoms with E-state index < -0.39 is 15.9 Å². The van der Waals surface area contributed by atoms with Crippen molar-refractivity contribution in [2.45, 2.75) is 18.7 Å². The minimum Gasteiger partial charge on any atom is -0.469 e. The van der Waals surface area contributed by atoms with Crippen molar-refractivity contribution in [3.8, 4) is 0 Å². The molecule has 1 aromatic rings. The lowest BCUT2D eigenvalue weighted by atomic mass is 9.99. The van der Waals surface area contributed by atoms with Gasteiger partial charge in [-0.1, -0.05) is 24.6 Å². The highest BCUT2D eigenvalue weighted by Gasteiger charge is 2.41. The summed E-state index contributed by atoms with van der Waals surface area (Å²) in [5.74, 6) is -0.876. The van der Waals surface area contributed by atoms with Gasteiger partial charge in [-0.25, -0.2) is 8.42 Å². The number of nitrogens with zero attached hydrogens (tertiary/aromatic N) is 1. The Bertz CT molecular complexity index is 659. The number of carbonyl (C=O) groups is 1. The van der Waals surface area contributed by atoms with E-state index in [2.05, 4.69) is 0 Å². The molecule has 0 radical (unpaired) electrons. The number of ether oxygens (including phenoxy) is 1. The number of hydrogen-bond donors (Lipinski definition) is 0. The molecule has 7 heteroatoms. The Morgan fingerprint density at radius 3 is 2.67 bits per heavy atom. The number of sulfonamides is 1. The van der Waals surface area contributed by atoms with Gasteiger partial charge in [0.15, 0.2) is 0 Å². The molecule has 2 unspecified atom stereocenters. The maximum Gasteiger partial charge on any atom is 0.310 e. The Morgan fingerprint density at radius 1 is 1.38 bits per heavy atom. The monoisotopic (exact) mass is 331 g/mol. The zero-order valence-electron chi connectivity index (χ0n) is 12.2. The van der Waals surface area contributed by atoms with Crippen LogP contribution in [-0.4, -0.2) is 38.9 Å². The fraction of sp³-hybridized carbons (Fsp3) is 0.500. The number of aryl methyl sites for hydroxylation is 1.